The van der Waals surface area contributed by atoms with Gasteiger partial charge in [0.1, 0.15) is 0 Å². The summed E-state index contributed by atoms with van der Waals surface area (Å²) in [6.07, 6.45) is 7.53. The van der Waals surface area contributed by atoms with Crippen LogP contribution in [0.4, 0.5) is 0 Å². The van der Waals surface area contributed by atoms with Gasteiger partial charge in [0.25, 0.3) is 0 Å². The van der Waals surface area contributed by atoms with Gasteiger partial charge in [-0.2, -0.15) is 0 Å². The second-order valence-electron chi connectivity index (χ2n) is 5.15. The van der Waals surface area contributed by atoms with Crippen molar-refractivity contribution in [2.45, 2.75) is 26.3 Å². The highest BCUT2D eigenvalue weighted by Crippen LogP contribution is 2.32. The Morgan fingerprint density at radius 1 is 1.11 bits per heavy atom. The number of carbonyl (C=O) groups excluding carboxylic acids is 1. The van der Waals surface area contributed by atoms with Gasteiger partial charge in [0.15, 0.2) is 0 Å². The average molecular weight is 254 g/mol. The molecule has 0 N–H and O–H groups in total. The van der Waals surface area contributed by atoms with Gasteiger partial charge in [-0.1, -0.05) is 30.3 Å². The average Bonchev–Trinajstić information content (AvgIpc) is 2.94. The van der Waals surface area contributed by atoms with Gasteiger partial charge < -0.3 is 4.90 Å². The molecule has 1 aromatic rings. The minimum atomic E-state index is -0.315. The zero-order valence-corrected chi connectivity index (χ0v) is 11.8. The minimum absolute atomic E-state index is 0.0846. The smallest absolute Gasteiger partial charge is 0.231 e. The maximum atomic E-state index is 12.6. The molecule has 1 saturated carbocycles. The zero-order valence-electron chi connectivity index (χ0n) is 11.8. The number of hydrogen-bond donors (Lipinski definition) is 0. The number of amides is 1. The van der Waals surface area contributed by atoms with E-state index in [9.17, 15) is 4.79 Å². The first-order valence-electron chi connectivity index (χ1n) is 6.66. The Hall–Kier alpha value is -1.31. The van der Waals surface area contributed by atoms with Crippen molar-refractivity contribution in [3.8, 4) is 0 Å². The molecule has 2 rings (SSSR count). The van der Waals surface area contributed by atoms with Crippen LogP contribution in [0.5, 0.6) is 0 Å². The van der Waals surface area contributed by atoms with Crippen molar-refractivity contribution in [2.75, 3.05) is 6.54 Å². The quantitative estimate of drug-likeness (QED) is 0.808. The summed E-state index contributed by atoms with van der Waals surface area (Å²) in [5.74, 6) is 0.840. The second kappa shape index (κ2) is 5.77. The van der Waals surface area contributed by atoms with Crippen molar-refractivity contribution >= 4 is 5.91 Å². The van der Waals surface area contributed by atoms with E-state index >= 15 is 0 Å². The summed E-state index contributed by atoms with van der Waals surface area (Å²) in [5, 5.41) is 0. The van der Waals surface area contributed by atoms with E-state index in [1.54, 1.807) is 0 Å². The lowest BCUT2D eigenvalue weighted by Gasteiger charge is -2.39. The molecule has 1 aliphatic carbocycles. The summed E-state index contributed by atoms with van der Waals surface area (Å²) in [6.45, 7) is 6.89. The highest BCUT2D eigenvalue weighted by Gasteiger charge is 2.36. The Kier molecular flexibility index (Phi) is 4.28. The molecule has 0 saturated heterocycles. The first-order valence-corrected chi connectivity index (χ1v) is 6.66. The van der Waals surface area contributed by atoms with Crippen LogP contribution in [0.1, 0.15) is 26.3 Å². The fourth-order valence-electron chi connectivity index (χ4n) is 2.47. The molecule has 0 unspecified atom stereocenters. The van der Waals surface area contributed by atoms with E-state index in [1.165, 1.54) is 0 Å². The third-order valence-electron chi connectivity index (χ3n) is 3.63. The summed E-state index contributed by atoms with van der Waals surface area (Å²) in [6, 6.07) is 10.2. The summed E-state index contributed by atoms with van der Waals surface area (Å²) < 4.78 is 0. The maximum absolute atomic E-state index is 12.6. The lowest BCUT2D eigenvalue weighted by Crippen LogP contribution is -2.47. The van der Waals surface area contributed by atoms with Crippen LogP contribution in [0.3, 0.4) is 0 Å². The molecule has 1 fully saturated rings. The van der Waals surface area contributed by atoms with Crippen molar-refractivity contribution in [2.24, 2.45) is 0 Å². The van der Waals surface area contributed by atoms with Crippen LogP contribution >= 0.6 is 0 Å². The molecular formula is C17H20NO. The van der Waals surface area contributed by atoms with Crippen molar-refractivity contribution in [3.05, 3.63) is 67.5 Å². The Morgan fingerprint density at radius 2 is 1.68 bits per heavy atom. The number of benzene rings is 1. The Bertz CT molecular complexity index is 418. The molecule has 0 bridgehead atoms. The topological polar surface area (TPSA) is 20.3 Å². The molecule has 5 radical (unpaired) electrons. The van der Waals surface area contributed by atoms with Gasteiger partial charge in [-0.05, 0) is 52.0 Å². The first kappa shape index (κ1) is 14.1. The van der Waals surface area contributed by atoms with E-state index < -0.39 is 0 Å². The molecule has 0 atom stereocenters. The fourth-order valence-corrected chi connectivity index (χ4v) is 2.47. The summed E-state index contributed by atoms with van der Waals surface area (Å²) in [4.78, 5) is 14.5. The molecule has 2 nitrogen and oxygen atoms in total. The molecule has 0 aromatic heterocycles. The van der Waals surface area contributed by atoms with Crippen LogP contribution in [0.25, 0.3) is 0 Å². The van der Waals surface area contributed by atoms with Crippen molar-refractivity contribution in [1.82, 2.24) is 4.90 Å². The van der Waals surface area contributed by atoms with Crippen LogP contribution in [0.2, 0.25) is 0 Å². The molecule has 1 aliphatic rings. The molecular weight excluding hydrogens is 234 g/mol. The van der Waals surface area contributed by atoms with Gasteiger partial charge >= 0.3 is 0 Å². The predicted octanol–water partition coefficient (Wildman–Crippen LogP) is 3.18. The van der Waals surface area contributed by atoms with Gasteiger partial charge in [0.2, 0.25) is 5.91 Å². The largest absolute Gasteiger partial charge is 0.333 e. The monoisotopic (exact) mass is 254 g/mol. The van der Waals surface area contributed by atoms with Gasteiger partial charge in [0, 0.05) is 6.54 Å². The second-order valence-corrected chi connectivity index (χ2v) is 5.15. The molecule has 2 heteroatoms. The van der Waals surface area contributed by atoms with Gasteiger partial charge in [-0.15, -0.1) is 0 Å². The van der Waals surface area contributed by atoms with Crippen LogP contribution in [0.15, 0.2) is 30.3 Å². The van der Waals surface area contributed by atoms with E-state index in [-0.39, 0.29) is 11.4 Å². The molecule has 1 amide bonds. The summed E-state index contributed by atoms with van der Waals surface area (Å²) in [5.41, 5.74) is 0.835. The van der Waals surface area contributed by atoms with Crippen molar-refractivity contribution in [3.63, 3.8) is 0 Å². The molecule has 0 heterocycles. The number of hydrogen-bond acceptors (Lipinski definition) is 1. The van der Waals surface area contributed by atoms with Crippen LogP contribution in [-0.4, -0.2) is 17.4 Å². The van der Waals surface area contributed by atoms with Crippen LogP contribution < -0.4 is 0 Å². The third-order valence-corrected chi connectivity index (χ3v) is 3.63. The highest BCUT2D eigenvalue weighted by atomic mass is 16.2. The molecule has 19 heavy (non-hydrogen) atoms. The maximum Gasteiger partial charge on any atom is 0.231 e. The zero-order chi connectivity index (χ0) is 13.9. The van der Waals surface area contributed by atoms with Gasteiger partial charge in [-0.3, -0.25) is 4.79 Å². The third kappa shape index (κ3) is 2.83. The summed E-state index contributed by atoms with van der Waals surface area (Å²) in [7, 11) is 0. The molecule has 1 aromatic carbocycles. The SMILES string of the molecule is CCN(C(=O)[C]1[CH][CH][CH][CH]1)C(C)(C)c1ccccc1. The van der Waals surface area contributed by atoms with E-state index in [4.69, 9.17) is 0 Å². The van der Waals surface area contributed by atoms with Crippen molar-refractivity contribution in [1.29, 1.82) is 0 Å². The van der Waals surface area contributed by atoms with E-state index in [1.807, 2.05) is 55.7 Å². The number of carbonyl (C=O) groups is 1. The lowest BCUT2D eigenvalue weighted by atomic mass is 9.90. The first-order chi connectivity index (χ1) is 9.07. The van der Waals surface area contributed by atoms with Gasteiger partial charge in [-0.25, -0.2) is 0 Å². The minimum Gasteiger partial charge on any atom is -0.333 e. The van der Waals surface area contributed by atoms with Crippen LogP contribution in [0, 0.1) is 31.6 Å². The molecule has 99 valence electrons. The Balaban J connectivity index is 2.22. The molecule has 0 spiro atoms. The normalized spacial score (nSPS) is 16.6. The number of nitrogens with zero attached hydrogens (tertiary/aromatic N) is 1. The standard InChI is InChI=1S/C17H20NO/c1-4-18(16(19)14-10-8-9-11-14)17(2,3)15-12-6-5-7-13-15/h5-13H,4H2,1-3H3. The highest BCUT2D eigenvalue weighted by molar-refractivity contribution is 5.96. The van der Waals surface area contributed by atoms with E-state index in [2.05, 4.69) is 26.0 Å². The Morgan fingerprint density at radius 3 is 2.21 bits per heavy atom. The lowest BCUT2D eigenvalue weighted by molar-refractivity contribution is -0.133. The fraction of sp³-hybridized carbons (Fsp3) is 0.294. The van der Waals surface area contributed by atoms with E-state index in [0.717, 1.165) is 11.5 Å². The van der Waals surface area contributed by atoms with Gasteiger partial charge in [0.05, 0.1) is 11.5 Å². The molecule has 0 aliphatic heterocycles. The predicted molar refractivity (Wildman–Crippen MR) is 77.3 cm³/mol. The Labute approximate surface area is 116 Å². The van der Waals surface area contributed by atoms with Crippen LogP contribution in [-0.2, 0) is 10.3 Å². The number of rotatable bonds is 4. The van der Waals surface area contributed by atoms with E-state index in [0.29, 0.717) is 6.54 Å². The van der Waals surface area contributed by atoms with Crippen molar-refractivity contribution < 1.29 is 4.79 Å². The summed E-state index contributed by atoms with van der Waals surface area (Å²) >= 11 is 0.